The minimum atomic E-state index is -1.34. The second-order valence-electron chi connectivity index (χ2n) is 6.06. The van der Waals surface area contributed by atoms with Crippen molar-refractivity contribution < 1.29 is 13.6 Å². The van der Waals surface area contributed by atoms with Crippen LogP contribution in [0.4, 0.5) is 8.78 Å². The predicted molar refractivity (Wildman–Crippen MR) is 90.1 cm³/mol. The number of alkyl halides is 2. The average Bonchev–Trinajstić information content (AvgIpc) is 2.91. The van der Waals surface area contributed by atoms with Gasteiger partial charge in [0.2, 0.25) is 0 Å². The van der Waals surface area contributed by atoms with E-state index < -0.39 is 27.8 Å². The summed E-state index contributed by atoms with van der Waals surface area (Å²) in [5.74, 6) is -3.19. The van der Waals surface area contributed by atoms with Crippen molar-refractivity contribution in [2.75, 3.05) is 0 Å². The highest BCUT2D eigenvalue weighted by atomic mass is 35.5. The highest BCUT2D eigenvalue weighted by Crippen LogP contribution is 2.65. The first kappa shape index (κ1) is 16.4. The van der Waals surface area contributed by atoms with Crippen LogP contribution in [0, 0.1) is 17.6 Å². The van der Waals surface area contributed by atoms with Gasteiger partial charge in [0.15, 0.2) is 11.6 Å². The first-order valence-corrected chi connectivity index (χ1v) is 8.26. The molecule has 128 valence electrons. The molecule has 1 aromatic heterocycles. The number of hydrogen-bond donors (Lipinski definition) is 0. The van der Waals surface area contributed by atoms with Gasteiger partial charge >= 0.3 is 0 Å². The van der Waals surface area contributed by atoms with E-state index in [0.717, 1.165) is 16.8 Å². The normalized spacial score (nSPS) is 21.5. The Morgan fingerprint density at radius 3 is 2.44 bits per heavy atom. The van der Waals surface area contributed by atoms with Gasteiger partial charge in [-0.3, -0.25) is 4.79 Å². The number of nitrogens with zero attached hydrogens (tertiary/aromatic N) is 3. The molecule has 0 radical (unpaired) electrons. The zero-order chi connectivity index (χ0) is 17.9. The molecule has 0 spiro atoms. The zero-order valence-corrected chi connectivity index (χ0v) is 14.4. The molecule has 1 fully saturated rings. The monoisotopic (exact) mass is 381 g/mol. The van der Waals surface area contributed by atoms with Crippen molar-refractivity contribution in [3.63, 3.8) is 0 Å². The molecule has 4 rings (SSSR count). The van der Waals surface area contributed by atoms with E-state index in [4.69, 9.17) is 23.2 Å². The maximum atomic E-state index is 14.7. The molecule has 2 aromatic carbocycles. The van der Waals surface area contributed by atoms with Crippen LogP contribution in [0.25, 0.3) is 16.7 Å². The minimum Gasteiger partial charge on any atom is -0.300 e. The molecule has 2 atom stereocenters. The molecule has 1 saturated carbocycles. The van der Waals surface area contributed by atoms with E-state index in [0.29, 0.717) is 11.0 Å². The van der Waals surface area contributed by atoms with Gasteiger partial charge in [0, 0.05) is 5.92 Å². The summed E-state index contributed by atoms with van der Waals surface area (Å²) < 4.78 is 29.1. The summed E-state index contributed by atoms with van der Waals surface area (Å²) in [6.07, 6.45) is 0. The Morgan fingerprint density at radius 1 is 1.20 bits per heavy atom. The molecule has 0 amide bonds. The van der Waals surface area contributed by atoms with Crippen LogP contribution in [0.15, 0.2) is 36.4 Å². The lowest BCUT2D eigenvalue weighted by Crippen LogP contribution is -2.05. The standard InChI is InChI=1S/C17H11Cl2F2N3O/c1-8(25)14-15(17(14,18)19)9-6-10(20)16(11(21)7-9)24-13-5-3-2-4-12(13)22-23-24/h2-7,14-15H,1H3. The second kappa shape index (κ2) is 5.47. The van der Waals surface area contributed by atoms with Crippen molar-refractivity contribution >= 4 is 40.0 Å². The number of fused-ring (bicyclic) bond motifs is 1. The highest BCUT2D eigenvalue weighted by Gasteiger charge is 2.66. The number of halogens is 4. The van der Waals surface area contributed by atoms with Gasteiger partial charge in [-0.1, -0.05) is 17.3 Å². The summed E-state index contributed by atoms with van der Waals surface area (Å²) in [6.45, 7) is 1.35. The lowest BCUT2D eigenvalue weighted by Gasteiger charge is -2.09. The number of ketones is 1. The molecule has 0 bridgehead atoms. The Morgan fingerprint density at radius 2 is 1.84 bits per heavy atom. The Bertz CT molecular complexity index is 995. The molecule has 1 heterocycles. The SMILES string of the molecule is CC(=O)C1C(c2cc(F)c(-n3nnc4ccccc43)c(F)c2)C1(Cl)Cl. The van der Waals surface area contributed by atoms with Crippen LogP contribution in [0.2, 0.25) is 0 Å². The fraction of sp³-hybridized carbons (Fsp3) is 0.235. The van der Waals surface area contributed by atoms with E-state index in [1.54, 1.807) is 24.3 Å². The van der Waals surface area contributed by atoms with Gasteiger partial charge in [0.05, 0.1) is 11.4 Å². The van der Waals surface area contributed by atoms with Gasteiger partial charge in [-0.25, -0.2) is 13.5 Å². The summed E-state index contributed by atoms with van der Waals surface area (Å²) >= 11 is 12.2. The molecular weight excluding hydrogens is 371 g/mol. The molecule has 0 N–H and O–H groups in total. The number of hydrogen-bond acceptors (Lipinski definition) is 3. The number of rotatable bonds is 3. The second-order valence-corrected chi connectivity index (χ2v) is 7.51. The first-order chi connectivity index (χ1) is 11.8. The van der Waals surface area contributed by atoms with Crippen LogP contribution in [-0.2, 0) is 4.79 Å². The lowest BCUT2D eigenvalue weighted by molar-refractivity contribution is -0.118. The summed E-state index contributed by atoms with van der Waals surface area (Å²) in [7, 11) is 0. The van der Waals surface area contributed by atoms with Crippen molar-refractivity contribution in [3.8, 4) is 5.69 Å². The molecule has 25 heavy (non-hydrogen) atoms. The number of para-hydroxylation sites is 1. The predicted octanol–water partition coefficient (Wildman–Crippen LogP) is 4.18. The van der Waals surface area contributed by atoms with Gasteiger partial charge in [-0.15, -0.1) is 28.3 Å². The molecule has 2 unspecified atom stereocenters. The molecule has 0 saturated heterocycles. The molecule has 4 nitrogen and oxygen atoms in total. The van der Waals surface area contributed by atoms with Crippen LogP contribution in [0.5, 0.6) is 0 Å². The number of carbonyl (C=O) groups excluding carboxylic acids is 1. The third kappa shape index (κ3) is 2.43. The van der Waals surface area contributed by atoms with Crippen molar-refractivity contribution in [2.45, 2.75) is 17.2 Å². The summed E-state index contributed by atoms with van der Waals surface area (Å²) in [6, 6.07) is 9.12. The van der Waals surface area contributed by atoms with Crippen LogP contribution in [-0.4, -0.2) is 25.1 Å². The van der Waals surface area contributed by atoms with E-state index >= 15 is 0 Å². The number of benzene rings is 2. The minimum absolute atomic E-state index is 0.220. The van der Waals surface area contributed by atoms with Crippen molar-refractivity contribution in [3.05, 3.63) is 53.6 Å². The molecule has 3 aromatic rings. The fourth-order valence-corrected chi connectivity index (χ4v) is 4.19. The number of aromatic nitrogens is 3. The Kier molecular flexibility index (Phi) is 3.60. The maximum absolute atomic E-state index is 14.7. The number of Topliss-reactive ketones (excluding diaryl/α,β-unsaturated/α-hetero) is 1. The zero-order valence-electron chi connectivity index (χ0n) is 12.9. The Labute approximate surface area is 151 Å². The van der Waals surface area contributed by atoms with Crippen molar-refractivity contribution in [1.82, 2.24) is 15.0 Å². The first-order valence-electron chi connectivity index (χ1n) is 7.50. The smallest absolute Gasteiger partial charge is 0.152 e. The maximum Gasteiger partial charge on any atom is 0.152 e. The van der Waals surface area contributed by atoms with Crippen molar-refractivity contribution in [2.24, 2.45) is 5.92 Å². The van der Waals surface area contributed by atoms with Gasteiger partial charge in [-0.2, -0.15) is 0 Å². The van der Waals surface area contributed by atoms with Gasteiger partial charge < -0.3 is 0 Å². The molecule has 0 aliphatic heterocycles. The third-order valence-corrected chi connectivity index (χ3v) is 5.39. The molecular formula is C17H11Cl2F2N3O. The summed E-state index contributed by atoms with van der Waals surface area (Å²) in [5, 5.41) is 7.73. The summed E-state index contributed by atoms with van der Waals surface area (Å²) in [4.78, 5) is 11.6. The van der Waals surface area contributed by atoms with Gasteiger partial charge in [-0.05, 0) is 36.8 Å². The van der Waals surface area contributed by atoms with E-state index in [2.05, 4.69) is 10.3 Å². The number of carbonyl (C=O) groups is 1. The largest absolute Gasteiger partial charge is 0.300 e. The average molecular weight is 382 g/mol. The lowest BCUT2D eigenvalue weighted by atomic mass is 10.1. The van der Waals surface area contributed by atoms with Crippen molar-refractivity contribution in [1.29, 1.82) is 0 Å². The summed E-state index contributed by atoms with van der Waals surface area (Å²) in [5.41, 5.74) is 0.899. The van der Waals surface area contributed by atoms with Crippen LogP contribution in [0.1, 0.15) is 18.4 Å². The molecule has 1 aliphatic rings. The van der Waals surface area contributed by atoms with Crippen LogP contribution >= 0.6 is 23.2 Å². The quantitative estimate of drug-likeness (QED) is 0.639. The van der Waals surface area contributed by atoms with E-state index in [-0.39, 0.29) is 17.0 Å². The van der Waals surface area contributed by atoms with Crippen LogP contribution in [0.3, 0.4) is 0 Å². The van der Waals surface area contributed by atoms with Gasteiger partial charge in [0.25, 0.3) is 0 Å². The van der Waals surface area contributed by atoms with Gasteiger partial charge in [0.1, 0.15) is 21.3 Å². The van der Waals surface area contributed by atoms with Crippen LogP contribution < -0.4 is 0 Å². The molecule has 1 aliphatic carbocycles. The fourth-order valence-electron chi connectivity index (χ4n) is 3.25. The Balaban J connectivity index is 1.82. The topological polar surface area (TPSA) is 47.8 Å². The molecule has 8 heteroatoms. The third-order valence-electron chi connectivity index (χ3n) is 4.45. The highest BCUT2D eigenvalue weighted by molar-refractivity contribution is 6.53. The van der Waals surface area contributed by atoms with E-state index in [1.165, 1.54) is 6.92 Å². The Hall–Kier alpha value is -2.05. The van der Waals surface area contributed by atoms with E-state index in [1.807, 2.05) is 0 Å². The van der Waals surface area contributed by atoms with E-state index in [9.17, 15) is 13.6 Å².